The van der Waals surface area contributed by atoms with Crippen LogP contribution in [-0.4, -0.2) is 26.2 Å². The fourth-order valence-corrected chi connectivity index (χ4v) is 6.66. The second-order valence-electron chi connectivity index (χ2n) is 10.6. The second-order valence-corrected chi connectivity index (χ2v) is 12.3. The third kappa shape index (κ3) is 6.34. The van der Waals surface area contributed by atoms with E-state index in [0.717, 1.165) is 49.8 Å². The van der Waals surface area contributed by atoms with E-state index in [1.54, 1.807) is 10.5 Å². The Bertz CT molecular complexity index is 1070. The molecule has 174 valence electrons. The van der Waals surface area contributed by atoms with Crippen molar-refractivity contribution in [3.63, 3.8) is 0 Å². The molecule has 0 bridgehead atoms. The number of halogens is 1. The maximum absolute atomic E-state index is 14.6. The monoisotopic (exact) mass is 456 g/mol. The van der Waals surface area contributed by atoms with Gasteiger partial charge in [-0.1, -0.05) is 50.1 Å². The molecule has 2 atom stereocenters. The third-order valence-corrected chi connectivity index (χ3v) is 7.08. The fourth-order valence-electron chi connectivity index (χ4n) is 4.38. The van der Waals surface area contributed by atoms with Crippen LogP contribution < -0.4 is 0 Å². The molecule has 0 aromatic carbocycles. The van der Waals surface area contributed by atoms with Crippen LogP contribution in [0.3, 0.4) is 0 Å². The van der Waals surface area contributed by atoms with Crippen LogP contribution in [0, 0.1) is 24.1 Å². The number of imidazole rings is 1. The first-order valence-corrected chi connectivity index (χ1v) is 12.8. The molecule has 3 rings (SSSR count). The smallest absolute Gasteiger partial charge is 0.173 e. The lowest BCUT2D eigenvalue weighted by molar-refractivity contribution is 0.354. The van der Waals surface area contributed by atoms with Gasteiger partial charge in [0.15, 0.2) is 11.5 Å². The summed E-state index contributed by atoms with van der Waals surface area (Å²) in [6, 6.07) is 1.56. The van der Waals surface area contributed by atoms with Crippen LogP contribution in [0.4, 0.5) is 4.39 Å². The van der Waals surface area contributed by atoms with E-state index in [1.165, 1.54) is 18.3 Å². The highest BCUT2D eigenvalue weighted by Gasteiger charge is 2.24. The van der Waals surface area contributed by atoms with Crippen molar-refractivity contribution >= 4 is 25.4 Å². The molecule has 4 nitrogen and oxygen atoms in total. The van der Waals surface area contributed by atoms with Crippen LogP contribution in [-0.2, 0) is 0 Å². The highest BCUT2D eigenvalue weighted by atomic mass is 31.1. The standard InChI is InChI=1S/C26H38FN4P/c1-9-22(19-11-21(27)25-28-17(4)14-31(25)15-19)30-23-12-24(29-18(23)5)32-20(10-16(2)3)13-26(6,7)8/h11,14-16,20,32H,9-10,12-13H2,1-8H3. The molecule has 3 heterocycles. The van der Waals surface area contributed by atoms with Gasteiger partial charge in [0, 0.05) is 35.5 Å². The number of aryl methyl sites for hydroxylation is 1. The summed E-state index contributed by atoms with van der Waals surface area (Å²) in [5.74, 6) is 0.373. The third-order valence-electron chi connectivity index (χ3n) is 5.61. The highest BCUT2D eigenvalue weighted by Crippen LogP contribution is 2.40. The normalized spacial score (nSPS) is 16.8. The Kier molecular flexibility index (Phi) is 7.70. The number of hydrogen-bond acceptors (Lipinski definition) is 3. The summed E-state index contributed by atoms with van der Waals surface area (Å²) < 4.78 is 16.4. The van der Waals surface area contributed by atoms with E-state index in [-0.39, 0.29) is 5.82 Å². The zero-order valence-electron chi connectivity index (χ0n) is 20.9. The molecule has 0 saturated carbocycles. The average Bonchev–Trinajstić information content (AvgIpc) is 3.19. The lowest BCUT2D eigenvalue weighted by atomic mass is 9.88. The van der Waals surface area contributed by atoms with Crippen molar-refractivity contribution in [2.75, 3.05) is 0 Å². The number of hydrogen-bond donors (Lipinski definition) is 0. The summed E-state index contributed by atoms with van der Waals surface area (Å²) >= 11 is 0. The molecular weight excluding hydrogens is 418 g/mol. The SMILES string of the molecule is CCC(=NC1=C(C)N=C(PC(CC(C)C)CC(C)(C)C)C1)c1cc(F)c2nc(C)cn2c1. The highest BCUT2D eigenvalue weighted by molar-refractivity contribution is 7.59. The summed E-state index contributed by atoms with van der Waals surface area (Å²) in [6.07, 6.45) is 7.76. The van der Waals surface area contributed by atoms with Crippen molar-refractivity contribution in [1.29, 1.82) is 0 Å². The van der Waals surface area contributed by atoms with Crippen LogP contribution in [0.15, 0.2) is 39.8 Å². The van der Waals surface area contributed by atoms with E-state index in [1.807, 2.05) is 26.2 Å². The Balaban J connectivity index is 1.79. The Hall–Kier alpha value is -1.87. The average molecular weight is 457 g/mol. The van der Waals surface area contributed by atoms with Gasteiger partial charge in [-0.3, -0.25) is 9.98 Å². The maximum atomic E-state index is 14.6. The molecule has 32 heavy (non-hydrogen) atoms. The van der Waals surface area contributed by atoms with Crippen LogP contribution in [0.2, 0.25) is 0 Å². The number of aliphatic imine (C=N–C) groups is 2. The Morgan fingerprint density at radius 3 is 2.59 bits per heavy atom. The molecule has 2 unspecified atom stereocenters. The van der Waals surface area contributed by atoms with Crippen LogP contribution in [0.25, 0.3) is 5.65 Å². The van der Waals surface area contributed by atoms with Gasteiger partial charge in [0.25, 0.3) is 0 Å². The van der Waals surface area contributed by atoms with E-state index in [2.05, 4.69) is 46.5 Å². The molecule has 0 amide bonds. The molecule has 0 spiro atoms. The number of rotatable bonds is 8. The van der Waals surface area contributed by atoms with Crippen LogP contribution >= 0.6 is 8.58 Å². The molecule has 0 N–H and O–H groups in total. The minimum Gasteiger partial charge on any atom is -0.304 e. The van der Waals surface area contributed by atoms with Gasteiger partial charge in [-0.2, -0.15) is 0 Å². The van der Waals surface area contributed by atoms with Crippen molar-refractivity contribution < 1.29 is 4.39 Å². The number of fused-ring (bicyclic) bond motifs is 1. The zero-order chi connectivity index (χ0) is 23.6. The summed E-state index contributed by atoms with van der Waals surface area (Å²) in [7, 11) is 0.733. The number of aromatic nitrogens is 2. The van der Waals surface area contributed by atoms with Crippen molar-refractivity contribution in [2.24, 2.45) is 21.3 Å². The van der Waals surface area contributed by atoms with Crippen molar-refractivity contribution in [3.8, 4) is 0 Å². The van der Waals surface area contributed by atoms with Crippen LogP contribution in [0.1, 0.15) is 85.4 Å². The molecule has 2 aromatic rings. The minimum absolute atomic E-state index is 0.314. The minimum atomic E-state index is -0.314. The molecule has 6 heteroatoms. The largest absolute Gasteiger partial charge is 0.304 e. The Morgan fingerprint density at radius 1 is 1.25 bits per heavy atom. The van der Waals surface area contributed by atoms with E-state index in [0.29, 0.717) is 22.6 Å². The fraction of sp³-hybridized carbons (Fsp3) is 0.577. The first-order valence-electron chi connectivity index (χ1n) is 11.7. The lowest BCUT2D eigenvalue weighted by Gasteiger charge is -2.27. The van der Waals surface area contributed by atoms with Gasteiger partial charge in [-0.25, -0.2) is 9.37 Å². The Morgan fingerprint density at radius 2 is 1.97 bits per heavy atom. The van der Waals surface area contributed by atoms with Gasteiger partial charge in [0.05, 0.1) is 17.1 Å². The van der Waals surface area contributed by atoms with Crippen molar-refractivity contribution in [1.82, 2.24) is 9.38 Å². The molecule has 1 aliphatic heterocycles. The molecule has 0 saturated heterocycles. The molecule has 0 fully saturated rings. The quantitative estimate of drug-likeness (QED) is 0.299. The predicted octanol–water partition coefficient (Wildman–Crippen LogP) is 7.54. The zero-order valence-corrected chi connectivity index (χ0v) is 21.9. The number of nitrogens with zero attached hydrogens (tertiary/aromatic N) is 4. The lowest BCUT2D eigenvalue weighted by Crippen LogP contribution is -2.17. The van der Waals surface area contributed by atoms with Crippen molar-refractivity contribution in [2.45, 2.75) is 86.7 Å². The van der Waals surface area contributed by atoms with Gasteiger partial charge in [0.2, 0.25) is 0 Å². The van der Waals surface area contributed by atoms with Gasteiger partial charge in [-0.15, -0.1) is 0 Å². The van der Waals surface area contributed by atoms with E-state index in [4.69, 9.17) is 9.98 Å². The van der Waals surface area contributed by atoms with E-state index in [9.17, 15) is 4.39 Å². The molecule has 0 aliphatic carbocycles. The molecular formula is C26H38FN4P. The first-order chi connectivity index (χ1) is 14.9. The summed E-state index contributed by atoms with van der Waals surface area (Å²) in [5.41, 5.74) is 7.11. The Labute approximate surface area is 194 Å². The predicted molar refractivity (Wildman–Crippen MR) is 137 cm³/mol. The second kappa shape index (κ2) is 9.95. The first kappa shape index (κ1) is 24.8. The summed E-state index contributed by atoms with van der Waals surface area (Å²) in [6.45, 7) is 17.6. The molecule has 0 radical (unpaired) electrons. The van der Waals surface area contributed by atoms with Gasteiger partial charge in [0.1, 0.15) is 0 Å². The van der Waals surface area contributed by atoms with E-state index >= 15 is 0 Å². The van der Waals surface area contributed by atoms with Gasteiger partial charge >= 0.3 is 0 Å². The number of allylic oxidation sites excluding steroid dienone is 2. The van der Waals surface area contributed by atoms with Gasteiger partial charge < -0.3 is 4.40 Å². The summed E-state index contributed by atoms with van der Waals surface area (Å²) in [4.78, 5) is 14.1. The summed E-state index contributed by atoms with van der Waals surface area (Å²) in [5, 5.41) is 0. The molecule has 2 aromatic heterocycles. The van der Waals surface area contributed by atoms with Crippen LogP contribution in [0.5, 0.6) is 0 Å². The topological polar surface area (TPSA) is 42.0 Å². The van der Waals surface area contributed by atoms with E-state index < -0.39 is 0 Å². The molecule has 1 aliphatic rings. The van der Waals surface area contributed by atoms with Crippen molar-refractivity contribution in [3.05, 3.63) is 46.9 Å². The maximum Gasteiger partial charge on any atom is 0.173 e. The number of pyridine rings is 1. The van der Waals surface area contributed by atoms with Gasteiger partial charge in [-0.05, 0) is 56.2 Å².